The summed E-state index contributed by atoms with van der Waals surface area (Å²) in [5.41, 5.74) is 3.11. The van der Waals surface area contributed by atoms with Gasteiger partial charge >= 0.3 is 0 Å². The monoisotopic (exact) mass is 268 g/mol. The molecule has 2 nitrogen and oxygen atoms in total. The van der Waals surface area contributed by atoms with E-state index in [0.717, 1.165) is 16.9 Å². The SMILES string of the molecule is COc1ccccc1C(O)c1cccc(C2CCC2)c1. The number of benzene rings is 2. The smallest absolute Gasteiger partial charge is 0.125 e. The van der Waals surface area contributed by atoms with E-state index in [2.05, 4.69) is 12.1 Å². The Morgan fingerprint density at radius 3 is 2.60 bits per heavy atom. The third-order valence-corrected chi connectivity index (χ3v) is 4.24. The summed E-state index contributed by atoms with van der Waals surface area (Å²) < 4.78 is 5.34. The number of ether oxygens (including phenoxy) is 1. The molecule has 0 aromatic heterocycles. The highest BCUT2D eigenvalue weighted by atomic mass is 16.5. The average Bonchev–Trinajstić information content (AvgIpc) is 2.45. The fraction of sp³-hybridized carbons (Fsp3) is 0.333. The minimum Gasteiger partial charge on any atom is -0.496 e. The predicted octanol–water partition coefficient (Wildman–Crippen LogP) is 4.04. The molecule has 1 atom stereocenters. The first-order valence-corrected chi connectivity index (χ1v) is 7.20. The Balaban J connectivity index is 1.91. The molecule has 1 aliphatic rings. The van der Waals surface area contributed by atoms with Crippen molar-refractivity contribution in [3.05, 3.63) is 65.2 Å². The third kappa shape index (κ3) is 2.44. The zero-order valence-corrected chi connectivity index (χ0v) is 11.8. The van der Waals surface area contributed by atoms with Crippen LogP contribution < -0.4 is 4.74 Å². The second kappa shape index (κ2) is 5.68. The molecule has 2 aromatic rings. The van der Waals surface area contributed by atoms with Crippen LogP contribution >= 0.6 is 0 Å². The first-order valence-electron chi connectivity index (χ1n) is 7.20. The van der Waals surface area contributed by atoms with E-state index >= 15 is 0 Å². The maximum Gasteiger partial charge on any atom is 0.125 e. The molecule has 1 fully saturated rings. The largest absolute Gasteiger partial charge is 0.496 e. The van der Waals surface area contributed by atoms with E-state index in [1.54, 1.807) is 7.11 Å². The average molecular weight is 268 g/mol. The van der Waals surface area contributed by atoms with Crippen molar-refractivity contribution in [2.45, 2.75) is 31.3 Å². The van der Waals surface area contributed by atoms with Gasteiger partial charge in [0.15, 0.2) is 0 Å². The van der Waals surface area contributed by atoms with Gasteiger partial charge in [-0.05, 0) is 36.0 Å². The van der Waals surface area contributed by atoms with Crippen LogP contribution in [0.2, 0.25) is 0 Å². The number of hydrogen-bond donors (Lipinski definition) is 1. The number of hydrogen-bond acceptors (Lipinski definition) is 2. The van der Waals surface area contributed by atoms with Gasteiger partial charge in [-0.25, -0.2) is 0 Å². The highest BCUT2D eigenvalue weighted by Gasteiger charge is 2.21. The van der Waals surface area contributed by atoms with E-state index in [9.17, 15) is 5.11 Å². The minimum absolute atomic E-state index is 0.633. The summed E-state index contributed by atoms with van der Waals surface area (Å²) in [6.07, 6.45) is 3.23. The molecule has 2 aromatic carbocycles. The number of para-hydroxylation sites is 1. The van der Waals surface area contributed by atoms with Crippen molar-refractivity contribution in [2.75, 3.05) is 7.11 Å². The number of rotatable bonds is 4. The third-order valence-electron chi connectivity index (χ3n) is 4.24. The lowest BCUT2D eigenvalue weighted by Crippen LogP contribution is -2.10. The van der Waals surface area contributed by atoms with Gasteiger partial charge in [0.1, 0.15) is 11.9 Å². The van der Waals surface area contributed by atoms with Crippen molar-refractivity contribution >= 4 is 0 Å². The van der Waals surface area contributed by atoms with Crippen molar-refractivity contribution in [2.24, 2.45) is 0 Å². The van der Waals surface area contributed by atoms with E-state index in [0.29, 0.717) is 5.92 Å². The molecule has 0 aliphatic heterocycles. The Hall–Kier alpha value is -1.80. The summed E-state index contributed by atoms with van der Waals surface area (Å²) in [5, 5.41) is 10.6. The van der Waals surface area contributed by atoms with Crippen LogP contribution in [0.3, 0.4) is 0 Å². The van der Waals surface area contributed by atoms with Crippen LogP contribution in [0.1, 0.15) is 48.0 Å². The number of methoxy groups -OCH3 is 1. The van der Waals surface area contributed by atoms with Crippen molar-refractivity contribution in [1.29, 1.82) is 0 Å². The zero-order chi connectivity index (χ0) is 13.9. The van der Waals surface area contributed by atoms with Crippen molar-refractivity contribution < 1.29 is 9.84 Å². The van der Waals surface area contributed by atoms with Gasteiger partial charge in [0.05, 0.1) is 7.11 Å². The maximum absolute atomic E-state index is 10.6. The Morgan fingerprint density at radius 2 is 1.90 bits per heavy atom. The zero-order valence-electron chi connectivity index (χ0n) is 11.8. The van der Waals surface area contributed by atoms with E-state index in [-0.39, 0.29) is 0 Å². The van der Waals surface area contributed by atoms with Crippen molar-refractivity contribution in [3.8, 4) is 5.75 Å². The molecule has 0 bridgehead atoms. The summed E-state index contributed by atoms with van der Waals surface area (Å²) >= 11 is 0. The fourth-order valence-corrected chi connectivity index (χ4v) is 2.80. The minimum atomic E-state index is -0.633. The fourth-order valence-electron chi connectivity index (χ4n) is 2.80. The Kier molecular flexibility index (Phi) is 3.75. The molecule has 0 amide bonds. The topological polar surface area (TPSA) is 29.5 Å². The van der Waals surface area contributed by atoms with Crippen LogP contribution in [0.15, 0.2) is 48.5 Å². The summed E-state index contributed by atoms with van der Waals surface area (Å²) in [7, 11) is 1.64. The first kappa shape index (κ1) is 13.2. The molecule has 0 heterocycles. The number of aliphatic hydroxyl groups excluding tert-OH is 1. The summed E-state index contributed by atoms with van der Waals surface area (Å²) in [5.74, 6) is 1.41. The van der Waals surface area contributed by atoms with Crippen LogP contribution in [0.25, 0.3) is 0 Å². The molecule has 0 spiro atoms. The van der Waals surface area contributed by atoms with Gasteiger partial charge in [-0.15, -0.1) is 0 Å². The van der Waals surface area contributed by atoms with Crippen LogP contribution in [-0.2, 0) is 0 Å². The molecule has 2 heteroatoms. The van der Waals surface area contributed by atoms with Crippen molar-refractivity contribution in [1.82, 2.24) is 0 Å². The van der Waals surface area contributed by atoms with E-state index in [1.807, 2.05) is 36.4 Å². The van der Waals surface area contributed by atoms with Gasteiger partial charge in [0.25, 0.3) is 0 Å². The summed E-state index contributed by atoms with van der Waals surface area (Å²) in [6.45, 7) is 0. The Labute approximate surface area is 120 Å². The van der Waals surface area contributed by atoms with Gasteiger partial charge in [0.2, 0.25) is 0 Å². The van der Waals surface area contributed by atoms with Gasteiger partial charge < -0.3 is 9.84 Å². The summed E-state index contributed by atoms with van der Waals surface area (Å²) in [6, 6.07) is 16.0. The van der Waals surface area contributed by atoms with Gasteiger partial charge in [0, 0.05) is 5.56 Å². The van der Waals surface area contributed by atoms with E-state index in [4.69, 9.17) is 4.74 Å². The molecule has 104 valence electrons. The second-order valence-corrected chi connectivity index (χ2v) is 5.44. The molecule has 1 aliphatic carbocycles. The number of aliphatic hydroxyl groups is 1. The molecular weight excluding hydrogens is 248 g/mol. The van der Waals surface area contributed by atoms with Gasteiger partial charge in [-0.3, -0.25) is 0 Å². The van der Waals surface area contributed by atoms with Crippen LogP contribution in [0.4, 0.5) is 0 Å². The normalized spacial score (nSPS) is 16.5. The second-order valence-electron chi connectivity index (χ2n) is 5.44. The standard InChI is InChI=1S/C18H20O2/c1-20-17-11-3-2-10-16(17)18(19)15-9-5-8-14(12-15)13-6-4-7-13/h2-3,5,8-13,18-19H,4,6-7H2,1H3. The van der Waals surface area contributed by atoms with Crippen LogP contribution in [0.5, 0.6) is 5.75 Å². The lowest BCUT2D eigenvalue weighted by atomic mass is 9.79. The quantitative estimate of drug-likeness (QED) is 0.906. The van der Waals surface area contributed by atoms with E-state index < -0.39 is 6.10 Å². The van der Waals surface area contributed by atoms with Gasteiger partial charge in [-0.1, -0.05) is 48.9 Å². The Morgan fingerprint density at radius 1 is 1.10 bits per heavy atom. The molecule has 20 heavy (non-hydrogen) atoms. The predicted molar refractivity (Wildman–Crippen MR) is 80.1 cm³/mol. The molecule has 0 radical (unpaired) electrons. The highest BCUT2D eigenvalue weighted by molar-refractivity contribution is 5.41. The lowest BCUT2D eigenvalue weighted by Gasteiger charge is -2.26. The lowest BCUT2D eigenvalue weighted by molar-refractivity contribution is 0.214. The Bertz CT molecular complexity index is 587. The molecule has 1 saturated carbocycles. The molecular formula is C18H20O2. The molecule has 3 rings (SSSR count). The van der Waals surface area contributed by atoms with Gasteiger partial charge in [-0.2, -0.15) is 0 Å². The first-order chi connectivity index (χ1) is 9.79. The van der Waals surface area contributed by atoms with E-state index in [1.165, 1.54) is 24.8 Å². The molecule has 0 saturated heterocycles. The molecule has 1 N–H and O–H groups in total. The highest BCUT2D eigenvalue weighted by Crippen LogP contribution is 2.38. The van der Waals surface area contributed by atoms with Crippen LogP contribution in [-0.4, -0.2) is 12.2 Å². The summed E-state index contributed by atoms with van der Waals surface area (Å²) in [4.78, 5) is 0. The molecule has 1 unspecified atom stereocenters. The van der Waals surface area contributed by atoms with Crippen LogP contribution in [0, 0.1) is 0 Å². The van der Waals surface area contributed by atoms with Crippen molar-refractivity contribution in [3.63, 3.8) is 0 Å². The maximum atomic E-state index is 10.6.